The van der Waals surface area contributed by atoms with Crippen molar-refractivity contribution in [3.8, 4) is 5.75 Å². The Morgan fingerprint density at radius 1 is 1.31 bits per heavy atom. The highest BCUT2D eigenvalue weighted by Gasteiger charge is 2.24. The number of morpholine rings is 1. The number of rotatable bonds is 8. The molecule has 0 bridgehead atoms. The predicted molar refractivity (Wildman–Crippen MR) is 98.9 cm³/mol. The number of likely N-dealkylation sites (N-methyl/N-ethyl adjacent to an activating group) is 1. The molecule has 1 atom stereocenters. The lowest BCUT2D eigenvalue weighted by Crippen LogP contribution is -2.52. The van der Waals surface area contributed by atoms with Gasteiger partial charge in [0, 0.05) is 32.7 Å². The lowest BCUT2D eigenvalue weighted by molar-refractivity contribution is 0.00697. The van der Waals surface area contributed by atoms with Gasteiger partial charge in [0.15, 0.2) is 0 Å². The lowest BCUT2D eigenvalue weighted by Gasteiger charge is -2.37. The van der Waals surface area contributed by atoms with E-state index in [1.54, 1.807) is 24.1 Å². The van der Waals surface area contributed by atoms with E-state index in [0.29, 0.717) is 37.4 Å². The zero-order valence-electron chi connectivity index (χ0n) is 15.9. The minimum absolute atomic E-state index is 0.119. The SMILES string of the molecule is CC(C)C(CNC(=O)N(C)CCOc1ccc(F)cc1)N1CCOCC1. The number of benzene rings is 1. The number of hydrogen-bond donors (Lipinski definition) is 1. The van der Waals surface area contributed by atoms with Crippen molar-refractivity contribution in [3.05, 3.63) is 30.1 Å². The van der Waals surface area contributed by atoms with Crippen LogP contribution in [0.4, 0.5) is 9.18 Å². The summed E-state index contributed by atoms with van der Waals surface area (Å²) >= 11 is 0. The van der Waals surface area contributed by atoms with Gasteiger partial charge in [-0.15, -0.1) is 0 Å². The lowest BCUT2D eigenvalue weighted by atomic mass is 10.0. The van der Waals surface area contributed by atoms with Crippen LogP contribution in [0.25, 0.3) is 0 Å². The van der Waals surface area contributed by atoms with Crippen LogP contribution in [-0.2, 0) is 4.74 Å². The molecular weight excluding hydrogens is 337 g/mol. The third-order valence-corrected chi connectivity index (χ3v) is 4.60. The van der Waals surface area contributed by atoms with Gasteiger partial charge in [0.05, 0.1) is 19.8 Å². The molecule has 1 fully saturated rings. The van der Waals surface area contributed by atoms with Gasteiger partial charge in [0.1, 0.15) is 18.2 Å². The standard InChI is InChI=1S/C19H30FN3O3/c1-15(2)18(23-9-11-25-12-10-23)14-21-19(24)22(3)8-13-26-17-6-4-16(20)5-7-17/h4-7,15,18H,8-14H2,1-3H3,(H,21,24). The van der Waals surface area contributed by atoms with Crippen molar-refractivity contribution in [2.75, 3.05) is 53.0 Å². The molecule has 1 saturated heterocycles. The summed E-state index contributed by atoms with van der Waals surface area (Å²) in [6.07, 6.45) is 0. The van der Waals surface area contributed by atoms with Crippen LogP contribution >= 0.6 is 0 Å². The van der Waals surface area contributed by atoms with Crippen LogP contribution in [0.2, 0.25) is 0 Å². The Balaban J connectivity index is 1.72. The summed E-state index contributed by atoms with van der Waals surface area (Å²) in [6, 6.07) is 6.03. The summed E-state index contributed by atoms with van der Waals surface area (Å²) in [5, 5.41) is 3.02. The molecule has 1 aromatic rings. The number of urea groups is 1. The van der Waals surface area contributed by atoms with Gasteiger partial charge in [0.25, 0.3) is 0 Å². The number of nitrogens with one attached hydrogen (secondary N) is 1. The maximum atomic E-state index is 12.9. The number of ether oxygens (including phenoxy) is 2. The first-order valence-corrected chi connectivity index (χ1v) is 9.16. The Morgan fingerprint density at radius 2 is 1.96 bits per heavy atom. The van der Waals surface area contributed by atoms with Crippen LogP contribution in [0.3, 0.4) is 0 Å². The number of carbonyl (C=O) groups is 1. The number of hydrogen-bond acceptors (Lipinski definition) is 4. The van der Waals surface area contributed by atoms with Crippen molar-refractivity contribution in [1.82, 2.24) is 15.1 Å². The fourth-order valence-corrected chi connectivity index (χ4v) is 2.96. The van der Waals surface area contributed by atoms with Crippen molar-refractivity contribution in [2.24, 2.45) is 5.92 Å². The molecule has 1 aliphatic rings. The van der Waals surface area contributed by atoms with Crippen LogP contribution in [0.15, 0.2) is 24.3 Å². The van der Waals surface area contributed by atoms with Crippen molar-refractivity contribution in [1.29, 1.82) is 0 Å². The molecule has 1 unspecified atom stereocenters. The maximum Gasteiger partial charge on any atom is 0.317 e. The summed E-state index contributed by atoms with van der Waals surface area (Å²) in [5.41, 5.74) is 0. The van der Waals surface area contributed by atoms with E-state index in [1.165, 1.54) is 12.1 Å². The van der Waals surface area contributed by atoms with Crippen LogP contribution in [-0.4, -0.2) is 74.9 Å². The second-order valence-electron chi connectivity index (χ2n) is 6.87. The van der Waals surface area contributed by atoms with Gasteiger partial charge in [-0.1, -0.05) is 13.8 Å². The molecule has 1 aromatic carbocycles. The average molecular weight is 367 g/mol. The van der Waals surface area contributed by atoms with E-state index in [1.807, 2.05) is 0 Å². The summed E-state index contributed by atoms with van der Waals surface area (Å²) in [7, 11) is 1.74. The first-order chi connectivity index (χ1) is 12.5. The number of halogens is 1. The molecule has 1 aliphatic heterocycles. The Labute approximate surface area is 155 Å². The third kappa shape index (κ3) is 6.46. The van der Waals surface area contributed by atoms with E-state index in [4.69, 9.17) is 9.47 Å². The summed E-state index contributed by atoms with van der Waals surface area (Å²) in [6.45, 7) is 9.06. The quantitative estimate of drug-likeness (QED) is 0.765. The monoisotopic (exact) mass is 367 g/mol. The number of nitrogens with zero attached hydrogens (tertiary/aromatic N) is 2. The van der Waals surface area contributed by atoms with E-state index in [2.05, 4.69) is 24.1 Å². The molecule has 1 heterocycles. The first kappa shape index (κ1) is 20.5. The number of carbonyl (C=O) groups excluding carboxylic acids is 1. The summed E-state index contributed by atoms with van der Waals surface area (Å²) in [5.74, 6) is 0.738. The van der Waals surface area contributed by atoms with Crippen molar-refractivity contribution in [3.63, 3.8) is 0 Å². The molecule has 0 saturated carbocycles. The van der Waals surface area contributed by atoms with Gasteiger partial charge in [-0.25, -0.2) is 9.18 Å². The van der Waals surface area contributed by atoms with Crippen molar-refractivity contribution in [2.45, 2.75) is 19.9 Å². The molecule has 2 amide bonds. The largest absolute Gasteiger partial charge is 0.492 e. The van der Waals surface area contributed by atoms with Crippen molar-refractivity contribution >= 4 is 6.03 Å². The zero-order chi connectivity index (χ0) is 18.9. The van der Waals surface area contributed by atoms with Gasteiger partial charge < -0.3 is 19.7 Å². The Hall–Kier alpha value is -1.86. The highest BCUT2D eigenvalue weighted by Crippen LogP contribution is 2.13. The number of amides is 2. The summed E-state index contributed by atoms with van der Waals surface area (Å²) < 4.78 is 23.8. The van der Waals surface area contributed by atoms with Gasteiger partial charge in [-0.05, 0) is 30.2 Å². The smallest absolute Gasteiger partial charge is 0.317 e. The van der Waals surface area contributed by atoms with Crippen LogP contribution in [0.5, 0.6) is 5.75 Å². The molecule has 146 valence electrons. The van der Waals surface area contributed by atoms with Gasteiger partial charge in [0.2, 0.25) is 0 Å². The topological polar surface area (TPSA) is 54.0 Å². The fraction of sp³-hybridized carbons (Fsp3) is 0.632. The molecule has 2 rings (SSSR count). The van der Waals surface area contributed by atoms with E-state index in [-0.39, 0.29) is 11.8 Å². The molecule has 6 nitrogen and oxygen atoms in total. The van der Waals surface area contributed by atoms with E-state index >= 15 is 0 Å². The Kier molecular flexibility index (Phi) is 8.12. The highest BCUT2D eigenvalue weighted by molar-refractivity contribution is 5.73. The Morgan fingerprint density at radius 3 is 2.58 bits per heavy atom. The fourth-order valence-electron chi connectivity index (χ4n) is 2.96. The summed E-state index contributed by atoms with van der Waals surface area (Å²) in [4.78, 5) is 16.3. The minimum atomic E-state index is -0.297. The molecule has 7 heteroatoms. The second-order valence-corrected chi connectivity index (χ2v) is 6.87. The molecule has 1 N–H and O–H groups in total. The normalized spacial score (nSPS) is 16.3. The second kappa shape index (κ2) is 10.3. The zero-order valence-corrected chi connectivity index (χ0v) is 15.9. The molecule has 0 aliphatic carbocycles. The van der Waals surface area contributed by atoms with Gasteiger partial charge in [-0.3, -0.25) is 4.90 Å². The minimum Gasteiger partial charge on any atom is -0.492 e. The molecule has 0 spiro atoms. The van der Waals surface area contributed by atoms with E-state index in [0.717, 1.165) is 26.3 Å². The van der Waals surface area contributed by atoms with Crippen LogP contribution < -0.4 is 10.1 Å². The van der Waals surface area contributed by atoms with Gasteiger partial charge >= 0.3 is 6.03 Å². The molecule has 26 heavy (non-hydrogen) atoms. The third-order valence-electron chi connectivity index (χ3n) is 4.60. The first-order valence-electron chi connectivity index (χ1n) is 9.16. The van der Waals surface area contributed by atoms with Crippen LogP contribution in [0, 0.1) is 11.7 Å². The van der Waals surface area contributed by atoms with Crippen LogP contribution in [0.1, 0.15) is 13.8 Å². The average Bonchev–Trinajstić information content (AvgIpc) is 2.64. The van der Waals surface area contributed by atoms with E-state index in [9.17, 15) is 9.18 Å². The highest BCUT2D eigenvalue weighted by atomic mass is 19.1. The van der Waals surface area contributed by atoms with E-state index < -0.39 is 0 Å². The van der Waals surface area contributed by atoms with Crippen molar-refractivity contribution < 1.29 is 18.7 Å². The maximum absolute atomic E-state index is 12.9. The van der Waals surface area contributed by atoms with Gasteiger partial charge in [-0.2, -0.15) is 0 Å². The molecule has 0 aromatic heterocycles. The predicted octanol–water partition coefficient (Wildman–Crippen LogP) is 2.20. The Bertz CT molecular complexity index is 547. The molecular formula is C19H30FN3O3. The molecule has 0 radical (unpaired) electrons.